The molecular formula is C13H22N2. The molecule has 1 unspecified atom stereocenters. The van der Waals surface area contributed by atoms with Gasteiger partial charge in [-0.1, -0.05) is 26.3 Å². The van der Waals surface area contributed by atoms with Crippen molar-refractivity contribution in [3.63, 3.8) is 0 Å². The molecular weight excluding hydrogens is 184 g/mol. The summed E-state index contributed by atoms with van der Waals surface area (Å²) in [6, 6.07) is 4.20. The molecule has 1 aromatic rings. The molecule has 1 aromatic heterocycles. The monoisotopic (exact) mass is 206 g/mol. The summed E-state index contributed by atoms with van der Waals surface area (Å²) >= 11 is 0. The summed E-state index contributed by atoms with van der Waals surface area (Å²) in [5.41, 5.74) is 2.35. The average molecular weight is 206 g/mol. The molecule has 15 heavy (non-hydrogen) atoms. The summed E-state index contributed by atoms with van der Waals surface area (Å²) in [6.45, 7) is 8.58. The predicted octanol–water partition coefficient (Wildman–Crippen LogP) is 2.92. The number of nitrogens with zero attached hydrogens (tertiary/aromatic N) is 1. The third-order valence-electron chi connectivity index (χ3n) is 2.58. The molecule has 0 aromatic carbocycles. The van der Waals surface area contributed by atoms with E-state index < -0.39 is 0 Å². The minimum Gasteiger partial charge on any atom is -0.312 e. The largest absolute Gasteiger partial charge is 0.312 e. The van der Waals surface area contributed by atoms with Crippen molar-refractivity contribution in [3.05, 3.63) is 29.6 Å². The highest BCUT2D eigenvalue weighted by Crippen LogP contribution is 2.04. The zero-order chi connectivity index (χ0) is 11.1. The van der Waals surface area contributed by atoms with Crippen LogP contribution in [0.2, 0.25) is 0 Å². The molecule has 1 N–H and O–H groups in total. The Morgan fingerprint density at radius 1 is 1.40 bits per heavy atom. The minimum absolute atomic E-state index is 0.772. The Bertz CT molecular complexity index is 266. The fraction of sp³-hybridized carbons (Fsp3) is 0.615. The Hall–Kier alpha value is -0.890. The first-order valence-corrected chi connectivity index (χ1v) is 5.84. The van der Waals surface area contributed by atoms with Crippen molar-refractivity contribution in [1.82, 2.24) is 10.3 Å². The lowest BCUT2D eigenvalue weighted by atomic mass is 10.1. The zero-order valence-corrected chi connectivity index (χ0v) is 10.1. The Balaban J connectivity index is 2.22. The minimum atomic E-state index is 0.772. The van der Waals surface area contributed by atoms with Crippen molar-refractivity contribution in [2.75, 3.05) is 6.54 Å². The van der Waals surface area contributed by atoms with E-state index in [-0.39, 0.29) is 0 Å². The molecule has 1 atom stereocenters. The number of aryl methyl sites for hydroxylation is 1. The highest BCUT2D eigenvalue weighted by molar-refractivity contribution is 5.12. The van der Waals surface area contributed by atoms with E-state index in [0.717, 1.165) is 24.7 Å². The van der Waals surface area contributed by atoms with Gasteiger partial charge in [-0.05, 0) is 37.4 Å². The van der Waals surface area contributed by atoms with Crippen LogP contribution >= 0.6 is 0 Å². The Morgan fingerprint density at radius 2 is 2.20 bits per heavy atom. The van der Waals surface area contributed by atoms with Crippen LogP contribution in [0.3, 0.4) is 0 Å². The molecule has 0 fully saturated rings. The Labute approximate surface area is 93.1 Å². The number of aromatic nitrogens is 1. The molecule has 2 nitrogen and oxygen atoms in total. The van der Waals surface area contributed by atoms with Crippen LogP contribution in [0.5, 0.6) is 0 Å². The van der Waals surface area contributed by atoms with Crippen LogP contribution in [0.25, 0.3) is 0 Å². The molecule has 0 aliphatic heterocycles. The second kappa shape index (κ2) is 6.57. The van der Waals surface area contributed by atoms with Crippen LogP contribution in [-0.2, 0) is 6.54 Å². The van der Waals surface area contributed by atoms with Gasteiger partial charge >= 0.3 is 0 Å². The van der Waals surface area contributed by atoms with Crippen molar-refractivity contribution >= 4 is 0 Å². The molecule has 1 heterocycles. The van der Waals surface area contributed by atoms with E-state index >= 15 is 0 Å². The van der Waals surface area contributed by atoms with E-state index in [1.807, 2.05) is 13.1 Å². The van der Waals surface area contributed by atoms with Gasteiger partial charge in [0.1, 0.15) is 0 Å². The highest BCUT2D eigenvalue weighted by Gasteiger charge is 1.99. The number of rotatable bonds is 6. The van der Waals surface area contributed by atoms with Gasteiger partial charge < -0.3 is 5.32 Å². The molecule has 0 saturated carbocycles. The van der Waals surface area contributed by atoms with Crippen LogP contribution in [0.1, 0.15) is 37.9 Å². The van der Waals surface area contributed by atoms with Crippen LogP contribution in [-0.4, -0.2) is 11.5 Å². The summed E-state index contributed by atoms with van der Waals surface area (Å²) in [5.74, 6) is 0.772. The maximum Gasteiger partial charge on any atom is 0.0372 e. The van der Waals surface area contributed by atoms with Crippen LogP contribution in [0.15, 0.2) is 18.3 Å². The lowest BCUT2D eigenvalue weighted by Crippen LogP contribution is -2.20. The quantitative estimate of drug-likeness (QED) is 0.774. The molecule has 0 amide bonds. The molecule has 0 aliphatic carbocycles. The van der Waals surface area contributed by atoms with Gasteiger partial charge in [0.25, 0.3) is 0 Å². The normalized spacial score (nSPS) is 12.7. The molecule has 2 heteroatoms. The van der Waals surface area contributed by atoms with Gasteiger partial charge in [-0.3, -0.25) is 4.98 Å². The first-order valence-electron chi connectivity index (χ1n) is 5.84. The first kappa shape index (κ1) is 12.2. The fourth-order valence-electron chi connectivity index (χ4n) is 1.66. The maximum atomic E-state index is 4.27. The van der Waals surface area contributed by atoms with Gasteiger partial charge in [0.2, 0.25) is 0 Å². The third kappa shape index (κ3) is 4.93. The van der Waals surface area contributed by atoms with Crippen molar-refractivity contribution in [1.29, 1.82) is 0 Å². The van der Waals surface area contributed by atoms with Crippen LogP contribution in [0, 0.1) is 12.8 Å². The van der Waals surface area contributed by atoms with Crippen molar-refractivity contribution in [3.8, 4) is 0 Å². The summed E-state index contributed by atoms with van der Waals surface area (Å²) in [4.78, 5) is 4.27. The topological polar surface area (TPSA) is 24.9 Å². The number of hydrogen-bond acceptors (Lipinski definition) is 2. The lowest BCUT2D eigenvalue weighted by molar-refractivity contribution is 0.475. The fourth-order valence-corrected chi connectivity index (χ4v) is 1.66. The average Bonchev–Trinajstić information content (AvgIpc) is 2.21. The molecule has 0 aliphatic rings. The molecule has 0 spiro atoms. The lowest BCUT2D eigenvalue weighted by Gasteiger charge is -2.11. The Morgan fingerprint density at radius 3 is 2.80 bits per heavy atom. The number of nitrogens with one attached hydrogen (secondary N) is 1. The van der Waals surface area contributed by atoms with Gasteiger partial charge in [0.15, 0.2) is 0 Å². The van der Waals surface area contributed by atoms with Crippen LogP contribution in [0.4, 0.5) is 0 Å². The predicted molar refractivity (Wildman–Crippen MR) is 64.8 cm³/mol. The van der Waals surface area contributed by atoms with E-state index in [9.17, 15) is 0 Å². The number of pyridine rings is 1. The molecule has 1 rings (SSSR count). The second-order valence-corrected chi connectivity index (χ2v) is 4.33. The molecule has 0 radical (unpaired) electrons. The SMILES string of the molecule is CCCC(C)CNCc1ccc(C)nc1. The van der Waals surface area contributed by atoms with Gasteiger partial charge in [-0.15, -0.1) is 0 Å². The van der Waals surface area contributed by atoms with E-state index in [2.05, 4.69) is 36.3 Å². The van der Waals surface area contributed by atoms with Crippen molar-refractivity contribution in [2.24, 2.45) is 5.92 Å². The van der Waals surface area contributed by atoms with Gasteiger partial charge in [-0.25, -0.2) is 0 Å². The zero-order valence-electron chi connectivity index (χ0n) is 10.1. The molecule has 84 valence electrons. The standard InChI is InChI=1S/C13H22N2/c1-4-5-11(2)8-14-9-13-7-6-12(3)15-10-13/h6-7,10-11,14H,4-5,8-9H2,1-3H3. The van der Waals surface area contributed by atoms with Crippen molar-refractivity contribution in [2.45, 2.75) is 40.2 Å². The van der Waals surface area contributed by atoms with E-state index in [0.29, 0.717) is 0 Å². The smallest absolute Gasteiger partial charge is 0.0372 e. The summed E-state index contributed by atoms with van der Waals surface area (Å²) in [7, 11) is 0. The second-order valence-electron chi connectivity index (χ2n) is 4.33. The van der Waals surface area contributed by atoms with E-state index in [1.54, 1.807) is 0 Å². The maximum absolute atomic E-state index is 4.27. The molecule has 0 bridgehead atoms. The summed E-state index contributed by atoms with van der Waals surface area (Å²) in [5, 5.41) is 3.47. The van der Waals surface area contributed by atoms with Gasteiger partial charge in [0.05, 0.1) is 0 Å². The van der Waals surface area contributed by atoms with Gasteiger partial charge in [0, 0.05) is 18.4 Å². The Kier molecular flexibility index (Phi) is 5.33. The van der Waals surface area contributed by atoms with Crippen molar-refractivity contribution < 1.29 is 0 Å². The van der Waals surface area contributed by atoms with Gasteiger partial charge in [-0.2, -0.15) is 0 Å². The van der Waals surface area contributed by atoms with E-state index in [4.69, 9.17) is 0 Å². The molecule has 0 saturated heterocycles. The summed E-state index contributed by atoms with van der Waals surface area (Å²) < 4.78 is 0. The third-order valence-corrected chi connectivity index (χ3v) is 2.58. The number of hydrogen-bond donors (Lipinski definition) is 1. The van der Waals surface area contributed by atoms with E-state index in [1.165, 1.54) is 18.4 Å². The first-order chi connectivity index (χ1) is 7.22. The highest BCUT2D eigenvalue weighted by atomic mass is 14.9. The van der Waals surface area contributed by atoms with Crippen LogP contribution < -0.4 is 5.32 Å². The summed E-state index contributed by atoms with van der Waals surface area (Å²) in [6.07, 6.45) is 4.53.